The highest BCUT2D eigenvalue weighted by Crippen LogP contribution is 2.47. The second kappa shape index (κ2) is 10.8. The average molecular weight is 527 g/mol. The summed E-state index contributed by atoms with van der Waals surface area (Å²) >= 11 is 5.99. The monoisotopic (exact) mass is 526 g/mol. The van der Waals surface area contributed by atoms with E-state index >= 15 is 0 Å². The van der Waals surface area contributed by atoms with Gasteiger partial charge in [0.25, 0.3) is 0 Å². The molecule has 0 radical (unpaired) electrons. The molecule has 3 unspecified atom stereocenters. The van der Waals surface area contributed by atoms with E-state index in [-0.39, 0.29) is 35.4 Å². The quantitative estimate of drug-likeness (QED) is 0.431. The summed E-state index contributed by atoms with van der Waals surface area (Å²) in [6.07, 6.45) is 7.71. The molecule has 2 aromatic rings. The number of amides is 1. The number of fused-ring (bicyclic) bond motifs is 1. The number of rotatable bonds is 8. The minimum absolute atomic E-state index is 0.0545. The number of hydrogen-bond acceptors (Lipinski definition) is 5. The summed E-state index contributed by atoms with van der Waals surface area (Å²) in [6.45, 7) is 2.02. The lowest BCUT2D eigenvalue weighted by atomic mass is 9.64. The van der Waals surface area contributed by atoms with Crippen molar-refractivity contribution in [2.75, 3.05) is 20.1 Å². The van der Waals surface area contributed by atoms with E-state index in [0.717, 1.165) is 62.2 Å². The van der Waals surface area contributed by atoms with Gasteiger partial charge in [0, 0.05) is 30.7 Å². The third-order valence-corrected chi connectivity index (χ3v) is 9.32. The molecule has 1 saturated heterocycles. The summed E-state index contributed by atoms with van der Waals surface area (Å²) in [6, 6.07) is 12.6. The number of aliphatic hydroxyl groups is 1. The topological polar surface area (TPSA) is 84.2 Å². The van der Waals surface area contributed by atoms with Gasteiger partial charge in [-0.3, -0.25) is 9.69 Å². The number of piperidine rings is 1. The Morgan fingerprint density at radius 1 is 1.05 bits per heavy atom. The van der Waals surface area contributed by atoms with Crippen molar-refractivity contribution in [2.45, 2.75) is 75.5 Å². The molecule has 3 fully saturated rings. The maximum atomic E-state index is 13.1. The van der Waals surface area contributed by atoms with E-state index in [0.29, 0.717) is 17.9 Å². The molecule has 1 aliphatic heterocycles. The molecule has 6 nitrogen and oxygen atoms in total. The van der Waals surface area contributed by atoms with Crippen molar-refractivity contribution in [1.82, 2.24) is 9.80 Å². The highest BCUT2D eigenvalue weighted by Gasteiger charge is 2.53. The summed E-state index contributed by atoms with van der Waals surface area (Å²) in [5.74, 6) is 0.801. The Labute approximate surface area is 224 Å². The summed E-state index contributed by atoms with van der Waals surface area (Å²) in [7, 11) is 1.91. The van der Waals surface area contributed by atoms with Crippen LogP contribution in [0.15, 0.2) is 42.5 Å². The number of carbonyl (C=O) groups excluding carboxylic acids is 1. The van der Waals surface area contributed by atoms with Crippen molar-refractivity contribution in [1.29, 1.82) is 0 Å². The average Bonchev–Trinajstić information content (AvgIpc) is 3.70. The van der Waals surface area contributed by atoms with Gasteiger partial charge >= 0.3 is 0 Å². The van der Waals surface area contributed by atoms with Gasteiger partial charge in [-0.2, -0.15) is 0 Å². The fourth-order valence-corrected chi connectivity index (χ4v) is 6.75. The van der Waals surface area contributed by atoms with Gasteiger partial charge in [-0.05, 0) is 105 Å². The molecule has 2 saturated carbocycles. The standard InChI is InChI=1S/C30H39ClN2O4/c1-32(29(36)17-21-4-8-24(31)9-5-21)25-12-14-30(37)23(18-25)13-15-33(19-22-2-3-22)28(30)11-7-20-6-10-26(34)27(35)16-20/h4-6,8-10,16,22-23,25,28,34-35,37H,2-3,7,11-15,17-19H2,1H3/t23?,25?,28-,30?/m1/s1. The molecular formula is C30H39ClN2O4. The molecule has 2 aromatic carbocycles. The molecule has 1 amide bonds. The van der Waals surface area contributed by atoms with E-state index in [1.54, 1.807) is 6.07 Å². The molecule has 3 aliphatic rings. The molecule has 0 bridgehead atoms. The molecule has 4 atom stereocenters. The van der Waals surface area contributed by atoms with Crippen LogP contribution < -0.4 is 0 Å². The molecule has 2 aliphatic carbocycles. The van der Waals surface area contributed by atoms with Gasteiger partial charge in [0.2, 0.25) is 5.91 Å². The molecule has 0 aromatic heterocycles. The molecule has 0 spiro atoms. The van der Waals surface area contributed by atoms with Crippen LogP contribution in [0.3, 0.4) is 0 Å². The number of likely N-dealkylation sites (tertiary alicyclic amines) is 1. The minimum atomic E-state index is -0.775. The molecule has 1 heterocycles. The maximum absolute atomic E-state index is 13.1. The number of carbonyl (C=O) groups is 1. The van der Waals surface area contributed by atoms with E-state index in [9.17, 15) is 20.1 Å². The molecule has 3 N–H and O–H groups in total. The van der Waals surface area contributed by atoms with Crippen LogP contribution in [-0.4, -0.2) is 68.8 Å². The van der Waals surface area contributed by atoms with E-state index in [1.165, 1.54) is 18.9 Å². The third-order valence-electron chi connectivity index (χ3n) is 9.07. The summed E-state index contributed by atoms with van der Waals surface area (Å²) < 4.78 is 0. The Balaban J connectivity index is 1.26. The van der Waals surface area contributed by atoms with Crippen LogP contribution in [0.5, 0.6) is 11.5 Å². The predicted molar refractivity (Wildman–Crippen MR) is 145 cm³/mol. The lowest BCUT2D eigenvalue weighted by Gasteiger charge is -2.56. The molecule has 37 heavy (non-hydrogen) atoms. The SMILES string of the molecule is CN(C(=O)Cc1ccc(Cl)cc1)C1CCC2(O)C(CCN(CC3CC3)[C@@H]2CCc2ccc(O)c(O)c2)C1. The Bertz CT molecular complexity index is 1110. The zero-order valence-corrected chi connectivity index (χ0v) is 22.4. The first-order valence-corrected chi connectivity index (χ1v) is 14.1. The van der Waals surface area contributed by atoms with E-state index in [2.05, 4.69) is 4.90 Å². The molecular weight excluding hydrogens is 488 g/mol. The van der Waals surface area contributed by atoms with Crippen LogP contribution in [0.4, 0.5) is 0 Å². The Morgan fingerprint density at radius 3 is 2.49 bits per heavy atom. The number of benzene rings is 2. The fourth-order valence-electron chi connectivity index (χ4n) is 6.62. The third kappa shape index (κ3) is 5.92. The van der Waals surface area contributed by atoms with Crippen LogP contribution in [0.25, 0.3) is 0 Å². The van der Waals surface area contributed by atoms with E-state index in [1.807, 2.05) is 42.3 Å². The number of aryl methyl sites for hydroxylation is 1. The first kappa shape index (κ1) is 26.3. The zero-order valence-electron chi connectivity index (χ0n) is 21.7. The van der Waals surface area contributed by atoms with Gasteiger partial charge in [0.15, 0.2) is 11.5 Å². The first-order valence-electron chi connectivity index (χ1n) is 13.7. The largest absolute Gasteiger partial charge is 0.504 e. The number of phenolic OH excluding ortho intramolecular Hbond substituents is 2. The highest BCUT2D eigenvalue weighted by molar-refractivity contribution is 6.30. The number of aromatic hydroxyl groups is 2. The second-order valence-electron chi connectivity index (χ2n) is 11.5. The molecule has 200 valence electrons. The van der Waals surface area contributed by atoms with Crippen molar-refractivity contribution >= 4 is 17.5 Å². The number of phenols is 2. The van der Waals surface area contributed by atoms with Gasteiger partial charge in [0.05, 0.1) is 12.0 Å². The van der Waals surface area contributed by atoms with Gasteiger partial charge in [-0.25, -0.2) is 0 Å². The number of nitrogens with zero attached hydrogens (tertiary/aromatic N) is 2. The van der Waals surface area contributed by atoms with Crippen molar-refractivity contribution < 1.29 is 20.1 Å². The number of halogens is 1. The van der Waals surface area contributed by atoms with E-state index in [4.69, 9.17) is 11.6 Å². The van der Waals surface area contributed by atoms with Crippen LogP contribution >= 0.6 is 11.6 Å². The van der Waals surface area contributed by atoms with Crippen molar-refractivity contribution in [3.05, 3.63) is 58.6 Å². The Morgan fingerprint density at radius 2 is 1.78 bits per heavy atom. The summed E-state index contributed by atoms with van der Waals surface area (Å²) in [5.41, 5.74) is 1.15. The van der Waals surface area contributed by atoms with Crippen molar-refractivity contribution in [3.8, 4) is 11.5 Å². The van der Waals surface area contributed by atoms with Crippen LogP contribution in [0, 0.1) is 11.8 Å². The lowest BCUT2D eigenvalue weighted by Crippen LogP contribution is -2.65. The Kier molecular flexibility index (Phi) is 7.71. The normalized spacial score (nSPS) is 28.0. The first-order chi connectivity index (χ1) is 17.7. The van der Waals surface area contributed by atoms with Crippen LogP contribution in [0.1, 0.15) is 56.1 Å². The summed E-state index contributed by atoms with van der Waals surface area (Å²) in [4.78, 5) is 17.5. The second-order valence-corrected chi connectivity index (χ2v) is 12.0. The van der Waals surface area contributed by atoms with Crippen LogP contribution in [0.2, 0.25) is 5.02 Å². The van der Waals surface area contributed by atoms with Crippen LogP contribution in [-0.2, 0) is 17.6 Å². The van der Waals surface area contributed by atoms with E-state index < -0.39 is 5.60 Å². The van der Waals surface area contributed by atoms with Crippen molar-refractivity contribution in [2.24, 2.45) is 11.8 Å². The summed E-state index contributed by atoms with van der Waals surface area (Å²) in [5, 5.41) is 32.5. The van der Waals surface area contributed by atoms with Crippen molar-refractivity contribution in [3.63, 3.8) is 0 Å². The fraction of sp³-hybridized carbons (Fsp3) is 0.567. The number of hydrogen-bond donors (Lipinski definition) is 3. The molecule has 5 rings (SSSR count). The number of likely N-dealkylation sites (N-methyl/N-ethyl adjacent to an activating group) is 1. The van der Waals surface area contributed by atoms with Gasteiger partial charge in [-0.1, -0.05) is 29.8 Å². The zero-order chi connectivity index (χ0) is 26.2. The smallest absolute Gasteiger partial charge is 0.226 e. The highest BCUT2D eigenvalue weighted by atomic mass is 35.5. The molecule has 7 heteroatoms. The minimum Gasteiger partial charge on any atom is -0.504 e. The predicted octanol–water partition coefficient (Wildman–Crippen LogP) is 4.77. The van der Waals surface area contributed by atoms with Gasteiger partial charge in [-0.15, -0.1) is 0 Å². The lowest BCUT2D eigenvalue weighted by molar-refractivity contribution is -0.158. The Hall–Kier alpha value is -2.28. The maximum Gasteiger partial charge on any atom is 0.226 e. The van der Waals surface area contributed by atoms with Gasteiger partial charge < -0.3 is 20.2 Å². The van der Waals surface area contributed by atoms with Gasteiger partial charge in [0.1, 0.15) is 0 Å².